The van der Waals surface area contributed by atoms with Crippen LogP contribution in [0.25, 0.3) is 0 Å². The number of nitrogens with one attached hydrogen (secondary N) is 1. The molecule has 1 saturated carbocycles. The molecule has 6 heteroatoms. The fourth-order valence-electron chi connectivity index (χ4n) is 7.34. The fourth-order valence-corrected chi connectivity index (χ4v) is 7.34. The van der Waals surface area contributed by atoms with Crippen LogP contribution < -0.4 is 0 Å². The van der Waals surface area contributed by atoms with E-state index in [-0.39, 0.29) is 12.4 Å². The van der Waals surface area contributed by atoms with E-state index in [1.807, 2.05) is 6.92 Å². The van der Waals surface area contributed by atoms with Crippen LogP contribution in [-0.2, 0) is 25.8 Å². The average molecular weight is 431 g/mol. The van der Waals surface area contributed by atoms with Crippen molar-refractivity contribution in [3.05, 3.63) is 23.5 Å². The maximum atomic E-state index is 6.77. The lowest BCUT2D eigenvalue weighted by molar-refractivity contribution is -0.571. The molecule has 0 amide bonds. The smallest absolute Gasteiger partial charge is 0.201 e. The lowest BCUT2D eigenvalue weighted by Gasteiger charge is -2.60. The Balaban J connectivity index is 1.28. The maximum Gasteiger partial charge on any atom is 0.201 e. The predicted octanol–water partition coefficient (Wildman–Crippen LogP) is 4.92. The molecule has 6 nitrogen and oxygen atoms in total. The van der Waals surface area contributed by atoms with E-state index in [2.05, 4.69) is 35.9 Å². The molecule has 1 N–H and O–H groups in total. The molecule has 6 aliphatic rings. The van der Waals surface area contributed by atoms with Gasteiger partial charge in [-0.15, -0.1) is 0 Å². The van der Waals surface area contributed by atoms with Crippen LogP contribution in [-0.4, -0.2) is 40.7 Å². The number of rotatable bonds is 3. The summed E-state index contributed by atoms with van der Waals surface area (Å²) in [6, 6.07) is 4.48. The third-order valence-electron chi connectivity index (χ3n) is 9.08. The van der Waals surface area contributed by atoms with E-state index in [1.54, 1.807) is 0 Å². The molecule has 0 radical (unpaired) electrons. The van der Waals surface area contributed by atoms with Gasteiger partial charge in [0, 0.05) is 30.3 Å². The first kappa shape index (κ1) is 20.7. The second kappa shape index (κ2) is 7.56. The van der Waals surface area contributed by atoms with E-state index in [0.717, 1.165) is 25.8 Å². The molecule has 1 spiro atoms. The number of fused-ring (bicyclic) bond motifs is 2. The first-order valence-corrected chi connectivity index (χ1v) is 12.6. The molecule has 5 aliphatic heterocycles. The van der Waals surface area contributed by atoms with Gasteiger partial charge in [0.05, 0.1) is 0 Å². The quantitative estimate of drug-likeness (QED) is 0.690. The molecule has 2 bridgehead atoms. The van der Waals surface area contributed by atoms with Gasteiger partial charge in [-0.25, -0.2) is 9.78 Å². The number of ether oxygens (including phenoxy) is 2. The largest absolute Gasteiger partial charge is 0.359 e. The summed E-state index contributed by atoms with van der Waals surface area (Å²) in [6.45, 7) is 10.1. The van der Waals surface area contributed by atoms with E-state index in [9.17, 15) is 0 Å². The molecule has 0 unspecified atom stereocenters. The number of piperidine rings is 1. The average Bonchev–Trinajstić information content (AvgIpc) is 3.10. The van der Waals surface area contributed by atoms with Crippen LogP contribution in [0.2, 0.25) is 0 Å². The van der Waals surface area contributed by atoms with Crippen LogP contribution in [0.4, 0.5) is 0 Å². The molecule has 8 atom stereocenters. The Morgan fingerprint density at radius 3 is 2.71 bits per heavy atom. The minimum atomic E-state index is -0.711. The molecule has 1 aromatic heterocycles. The van der Waals surface area contributed by atoms with Crippen LogP contribution >= 0.6 is 0 Å². The van der Waals surface area contributed by atoms with Gasteiger partial charge < -0.3 is 14.5 Å². The van der Waals surface area contributed by atoms with Crippen LogP contribution in [0.5, 0.6) is 0 Å². The molecule has 172 valence electrons. The molecule has 7 rings (SSSR count). The van der Waals surface area contributed by atoms with Crippen molar-refractivity contribution in [2.45, 2.75) is 96.0 Å². The highest BCUT2D eigenvalue weighted by Crippen LogP contribution is 2.62. The van der Waals surface area contributed by atoms with Gasteiger partial charge in [0.2, 0.25) is 5.79 Å². The van der Waals surface area contributed by atoms with Gasteiger partial charge in [-0.3, -0.25) is 4.90 Å². The molecule has 6 heterocycles. The summed E-state index contributed by atoms with van der Waals surface area (Å²) in [7, 11) is 0. The normalized spacial score (nSPS) is 47.7. The summed E-state index contributed by atoms with van der Waals surface area (Å²) in [4.78, 5) is 18.5. The Hall–Kier alpha value is -0.920. The van der Waals surface area contributed by atoms with Crippen molar-refractivity contribution in [3.63, 3.8) is 0 Å². The van der Waals surface area contributed by atoms with Gasteiger partial charge in [-0.05, 0) is 82.0 Å². The Morgan fingerprint density at radius 1 is 1.03 bits per heavy atom. The lowest BCUT2D eigenvalue weighted by atomic mass is 9.57. The van der Waals surface area contributed by atoms with E-state index in [4.69, 9.17) is 19.2 Å². The minimum absolute atomic E-state index is 0.00339. The van der Waals surface area contributed by atoms with Crippen LogP contribution in [0.15, 0.2) is 12.1 Å². The SMILES string of the molecule is C[C@H]1[C@H](c2ccc(CN3CCCCC3)[nH]2)O[C@@H]2O[C@@]3(C)CC[C@H]4[C@H](C)CC[C@@H]1[C@@]24OO3. The molecular formula is C25H38N2O4. The highest BCUT2D eigenvalue weighted by Gasteiger charge is 2.69. The van der Waals surface area contributed by atoms with Gasteiger partial charge >= 0.3 is 0 Å². The van der Waals surface area contributed by atoms with E-state index < -0.39 is 11.4 Å². The van der Waals surface area contributed by atoms with Crippen LogP contribution in [0.3, 0.4) is 0 Å². The van der Waals surface area contributed by atoms with Crippen molar-refractivity contribution in [2.75, 3.05) is 13.1 Å². The lowest BCUT2D eigenvalue weighted by Crippen LogP contribution is -2.69. The zero-order chi connectivity index (χ0) is 21.2. The molecule has 5 saturated heterocycles. The molecule has 1 aliphatic carbocycles. The Bertz CT molecular complexity index is 807. The molecule has 31 heavy (non-hydrogen) atoms. The zero-order valence-electron chi connectivity index (χ0n) is 19.3. The topological polar surface area (TPSA) is 56.0 Å². The van der Waals surface area contributed by atoms with E-state index in [0.29, 0.717) is 23.7 Å². The van der Waals surface area contributed by atoms with Gasteiger partial charge in [0.1, 0.15) is 6.10 Å². The number of H-pyrrole nitrogens is 1. The highest BCUT2D eigenvalue weighted by atomic mass is 17.3. The molecule has 6 fully saturated rings. The second-order valence-corrected chi connectivity index (χ2v) is 11.1. The summed E-state index contributed by atoms with van der Waals surface area (Å²) in [6.07, 6.45) is 7.95. The van der Waals surface area contributed by atoms with Crippen molar-refractivity contribution in [2.24, 2.45) is 23.7 Å². The Kier molecular flexibility index (Phi) is 5.04. The van der Waals surface area contributed by atoms with Gasteiger partial charge in [-0.1, -0.05) is 20.3 Å². The summed E-state index contributed by atoms with van der Waals surface area (Å²) in [5.41, 5.74) is 1.99. The van der Waals surface area contributed by atoms with Crippen LogP contribution in [0.1, 0.15) is 83.2 Å². The van der Waals surface area contributed by atoms with Crippen molar-refractivity contribution in [1.82, 2.24) is 9.88 Å². The molecular weight excluding hydrogens is 392 g/mol. The second-order valence-electron chi connectivity index (χ2n) is 11.1. The predicted molar refractivity (Wildman–Crippen MR) is 116 cm³/mol. The number of likely N-dealkylation sites (tertiary alicyclic amines) is 1. The first-order valence-electron chi connectivity index (χ1n) is 12.6. The Labute approximate surface area is 185 Å². The van der Waals surface area contributed by atoms with Gasteiger partial charge in [0.25, 0.3) is 0 Å². The minimum Gasteiger partial charge on any atom is -0.359 e. The van der Waals surface area contributed by atoms with Crippen molar-refractivity contribution in [1.29, 1.82) is 0 Å². The first-order chi connectivity index (χ1) is 15.0. The number of hydrogen-bond acceptors (Lipinski definition) is 5. The number of nitrogens with zero attached hydrogens (tertiary/aromatic N) is 1. The van der Waals surface area contributed by atoms with E-state index >= 15 is 0 Å². The zero-order valence-corrected chi connectivity index (χ0v) is 19.3. The summed E-state index contributed by atoms with van der Waals surface area (Å²) >= 11 is 0. The molecule has 1 aromatic rings. The van der Waals surface area contributed by atoms with Crippen molar-refractivity contribution < 1.29 is 19.2 Å². The number of hydrogen-bond donors (Lipinski definition) is 1. The third-order valence-corrected chi connectivity index (χ3v) is 9.08. The summed E-state index contributed by atoms with van der Waals surface area (Å²) in [5.74, 6) is 1.01. The number of aromatic amines is 1. The van der Waals surface area contributed by atoms with Gasteiger partial charge in [-0.2, -0.15) is 0 Å². The maximum absolute atomic E-state index is 6.77. The third kappa shape index (κ3) is 3.24. The standard InChI is InChI=1S/C25H38N2O4/c1-16-7-9-20-17(2)22(21-10-8-18(26-21)15-27-13-5-4-6-14-27)28-23-25(20)19(16)11-12-24(3,29-23)30-31-25/h8,10,16-17,19-20,22-23,26H,4-7,9,11-15H2,1-3H3/t16-,17-,19+,20+,22-,23-,24-,25-/m1/s1. The van der Waals surface area contributed by atoms with Crippen LogP contribution in [0, 0.1) is 23.7 Å². The van der Waals surface area contributed by atoms with Gasteiger partial charge in [0.15, 0.2) is 11.9 Å². The number of aromatic nitrogens is 1. The molecule has 0 aromatic carbocycles. The van der Waals surface area contributed by atoms with Crippen molar-refractivity contribution in [3.8, 4) is 0 Å². The highest BCUT2D eigenvalue weighted by molar-refractivity contribution is 5.19. The van der Waals surface area contributed by atoms with E-state index in [1.165, 1.54) is 50.2 Å². The van der Waals surface area contributed by atoms with Crippen molar-refractivity contribution >= 4 is 0 Å². The summed E-state index contributed by atoms with van der Waals surface area (Å²) in [5, 5.41) is 0. The summed E-state index contributed by atoms with van der Waals surface area (Å²) < 4.78 is 13.3. The fraction of sp³-hybridized carbons (Fsp3) is 0.840. The Morgan fingerprint density at radius 2 is 1.87 bits per heavy atom. The monoisotopic (exact) mass is 430 g/mol.